The van der Waals surface area contributed by atoms with Gasteiger partial charge >= 0.3 is 12.2 Å². The standard InChI is InChI=1S/C51H68N8O8/c1-29(2)43(55-49(63)66-9)47(61)57-25-11-13-40(57)45-52-35-21-15-31(27-36(35)53-45)38-22-23-39(59(38)34-19-17-33(18-20-34)51(5,6)7)32-16-24-42(65-8)37(28-32)54-46(60)41-14-12-26-58(41)48(62)44(30(3)4)56-50(64)67-10/h15-21,24,27-30,38-41,43-44H,11-14,22-23,25-26H2,1-10H3,(H,52,53)(H,54,60)(H,55,63)(H,56,64)/t38?,39?,40-,41-,43-,44-/m0/s1. The number of hydrogen-bond donors (Lipinski definition) is 4. The molecule has 0 saturated carbocycles. The minimum atomic E-state index is -0.845. The molecule has 3 aliphatic rings. The van der Waals surface area contributed by atoms with Gasteiger partial charge in [0.05, 0.1) is 56.2 Å². The number of aromatic amines is 1. The van der Waals surface area contributed by atoms with Gasteiger partial charge in [-0.15, -0.1) is 0 Å². The van der Waals surface area contributed by atoms with Gasteiger partial charge < -0.3 is 49.8 Å². The second-order valence-electron chi connectivity index (χ2n) is 19.8. The number of anilines is 2. The number of benzene rings is 3. The molecule has 0 aliphatic carbocycles. The van der Waals surface area contributed by atoms with Crippen LogP contribution in [0.5, 0.6) is 5.75 Å². The first-order chi connectivity index (χ1) is 31.9. The maximum Gasteiger partial charge on any atom is 0.407 e. The number of carbonyl (C=O) groups is 5. The van der Waals surface area contributed by atoms with Gasteiger partial charge in [0.25, 0.3) is 0 Å². The van der Waals surface area contributed by atoms with Crippen molar-refractivity contribution in [3.05, 3.63) is 83.2 Å². The second-order valence-corrected chi connectivity index (χ2v) is 19.8. The van der Waals surface area contributed by atoms with Gasteiger partial charge in [-0.25, -0.2) is 14.6 Å². The predicted molar refractivity (Wildman–Crippen MR) is 257 cm³/mol. The van der Waals surface area contributed by atoms with Gasteiger partial charge in [-0.05, 0) is 109 Å². The van der Waals surface area contributed by atoms with Crippen LogP contribution in [0.1, 0.15) is 128 Å². The van der Waals surface area contributed by atoms with E-state index < -0.39 is 30.3 Å². The van der Waals surface area contributed by atoms with Gasteiger partial charge in [-0.3, -0.25) is 14.4 Å². The number of nitrogens with one attached hydrogen (secondary N) is 4. The molecule has 3 saturated heterocycles. The molecule has 3 aromatic carbocycles. The van der Waals surface area contributed by atoms with Gasteiger partial charge in [0.1, 0.15) is 29.7 Å². The monoisotopic (exact) mass is 921 g/mol. The van der Waals surface area contributed by atoms with E-state index in [2.05, 4.69) is 89.1 Å². The second kappa shape index (κ2) is 20.3. The molecule has 0 bridgehead atoms. The molecule has 1 aromatic heterocycles. The molecule has 4 heterocycles. The van der Waals surface area contributed by atoms with Crippen molar-refractivity contribution in [3.8, 4) is 5.75 Å². The third-order valence-corrected chi connectivity index (χ3v) is 13.7. The molecule has 3 fully saturated rings. The Kier molecular flexibility index (Phi) is 14.7. The fraction of sp³-hybridized carbons (Fsp3) is 0.529. The molecule has 3 aliphatic heterocycles. The number of alkyl carbamates (subject to hydrolysis) is 2. The number of carbonyl (C=O) groups excluding carboxylic acids is 5. The van der Waals surface area contributed by atoms with Crippen molar-refractivity contribution in [1.29, 1.82) is 0 Å². The van der Waals surface area contributed by atoms with E-state index in [0.717, 1.165) is 53.5 Å². The molecule has 16 heteroatoms. The van der Waals surface area contributed by atoms with E-state index in [9.17, 15) is 24.0 Å². The number of methoxy groups -OCH3 is 3. The molecule has 4 N–H and O–H groups in total. The Hall–Kier alpha value is -6.32. The molecule has 0 radical (unpaired) electrons. The van der Waals surface area contributed by atoms with Gasteiger partial charge in [0.2, 0.25) is 17.7 Å². The summed E-state index contributed by atoms with van der Waals surface area (Å²) in [7, 11) is 4.11. The topological polar surface area (TPSA) is 188 Å². The van der Waals surface area contributed by atoms with Crippen LogP contribution in [0, 0.1) is 11.8 Å². The molecule has 2 unspecified atom stereocenters. The van der Waals surface area contributed by atoms with Crippen LogP contribution in [0.4, 0.5) is 21.0 Å². The van der Waals surface area contributed by atoms with Gasteiger partial charge in [0, 0.05) is 18.8 Å². The van der Waals surface area contributed by atoms with Crippen molar-refractivity contribution in [2.75, 3.05) is 44.6 Å². The summed E-state index contributed by atoms with van der Waals surface area (Å²) in [4.78, 5) is 80.6. The lowest BCUT2D eigenvalue weighted by Gasteiger charge is -2.34. The first-order valence-corrected chi connectivity index (χ1v) is 23.6. The van der Waals surface area contributed by atoms with Crippen LogP contribution >= 0.6 is 0 Å². The number of rotatable bonds is 13. The summed E-state index contributed by atoms with van der Waals surface area (Å²) in [5.41, 5.74) is 6.56. The van der Waals surface area contributed by atoms with E-state index in [1.54, 1.807) is 12.0 Å². The van der Waals surface area contributed by atoms with Gasteiger partial charge in [0.15, 0.2) is 0 Å². The third kappa shape index (κ3) is 10.3. The van der Waals surface area contributed by atoms with Gasteiger partial charge in [-0.2, -0.15) is 0 Å². The Labute approximate surface area is 393 Å². The van der Waals surface area contributed by atoms with Crippen LogP contribution < -0.4 is 25.6 Å². The zero-order valence-corrected chi connectivity index (χ0v) is 40.6. The Bertz CT molecular complexity index is 2440. The summed E-state index contributed by atoms with van der Waals surface area (Å²) in [6.07, 6.45) is 3.02. The quantitative estimate of drug-likeness (QED) is 0.102. The van der Waals surface area contributed by atoms with E-state index in [4.69, 9.17) is 19.2 Å². The third-order valence-electron chi connectivity index (χ3n) is 13.7. The fourth-order valence-corrected chi connectivity index (χ4v) is 9.99. The number of fused-ring (bicyclic) bond motifs is 1. The van der Waals surface area contributed by atoms with Gasteiger partial charge in [-0.1, -0.05) is 72.7 Å². The fourth-order valence-electron chi connectivity index (χ4n) is 9.99. The van der Waals surface area contributed by atoms with Crippen LogP contribution in [-0.2, 0) is 29.3 Å². The lowest BCUT2D eigenvalue weighted by Crippen LogP contribution is -2.54. The Morgan fingerprint density at radius 3 is 1.85 bits per heavy atom. The normalized spacial score (nSPS) is 20.6. The van der Waals surface area contributed by atoms with Crippen LogP contribution in [-0.4, -0.2) is 102 Å². The van der Waals surface area contributed by atoms with Crippen molar-refractivity contribution < 1.29 is 38.2 Å². The number of nitrogens with zero attached hydrogens (tertiary/aromatic N) is 4. The summed E-state index contributed by atoms with van der Waals surface area (Å²) in [6, 6.07) is 18.4. The predicted octanol–water partition coefficient (Wildman–Crippen LogP) is 8.31. The van der Waals surface area contributed by atoms with Crippen LogP contribution in [0.25, 0.3) is 11.0 Å². The zero-order valence-electron chi connectivity index (χ0n) is 40.6. The van der Waals surface area contributed by atoms with E-state index in [0.29, 0.717) is 43.2 Å². The molecule has 0 spiro atoms. The molecule has 6 atom stereocenters. The van der Waals surface area contributed by atoms with Crippen molar-refractivity contribution in [3.63, 3.8) is 0 Å². The van der Waals surface area contributed by atoms with Crippen molar-refractivity contribution in [2.45, 2.75) is 129 Å². The highest BCUT2D eigenvalue weighted by molar-refractivity contribution is 5.99. The van der Waals surface area contributed by atoms with E-state index >= 15 is 0 Å². The zero-order chi connectivity index (χ0) is 48.3. The first-order valence-electron chi connectivity index (χ1n) is 23.6. The molecule has 5 amide bonds. The molecule has 16 nitrogen and oxygen atoms in total. The number of H-pyrrole nitrogens is 1. The Balaban J connectivity index is 1.18. The molecular formula is C51H68N8O8. The van der Waals surface area contributed by atoms with E-state index in [1.807, 2.05) is 50.8 Å². The minimum absolute atomic E-state index is 0.0203. The number of likely N-dealkylation sites (tertiary alicyclic amines) is 2. The molecule has 7 rings (SSSR count). The molecule has 67 heavy (non-hydrogen) atoms. The minimum Gasteiger partial charge on any atom is -0.495 e. The number of ether oxygens (including phenoxy) is 3. The smallest absolute Gasteiger partial charge is 0.407 e. The Morgan fingerprint density at radius 1 is 0.701 bits per heavy atom. The summed E-state index contributed by atoms with van der Waals surface area (Å²) in [5, 5.41) is 8.50. The maximum absolute atomic E-state index is 14.2. The lowest BCUT2D eigenvalue weighted by molar-refractivity contribution is -0.139. The maximum atomic E-state index is 14.2. The lowest BCUT2D eigenvalue weighted by atomic mass is 9.87. The molecule has 4 aromatic rings. The first kappa shape index (κ1) is 48.6. The highest BCUT2D eigenvalue weighted by Crippen LogP contribution is 2.49. The van der Waals surface area contributed by atoms with E-state index in [-0.39, 0.29) is 53.1 Å². The summed E-state index contributed by atoms with van der Waals surface area (Å²) >= 11 is 0. The number of amides is 5. The highest BCUT2D eigenvalue weighted by atomic mass is 16.5. The summed E-state index contributed by atoms with van der Waals surface area (Å²) in [5.74, 6) is 0.0440. The van der Waals surface area contributed by atoms with Crippen LogP contribution in [0.2, 0.25) is 0 Å². The van der Waals surface area contributed by atoms with Crippen molar-refractivity contribution >= 4 is 52.3 Å². The largest absolute Gasteiger partial charge is 0.495 e. The average molecular weight is 921 g/mol. The molecular weight excluding hydrogens is 853 g/mol. The Morgan fingerprint density at radius 2 is 1.27 bits per heavy atom. The van der Waals surface area contributed by atoms with E-state index in [1.165, 1.54) is 19.8 Å². The summed E-state index contributed by atoms with van der Waals surface area (Å²) in [6.45, 7) is 15.1. The van der Waals surface area contributed by atoms with Crippen LogP contribution in [0.15, 0.2) is 60.7 Å². The van der Waals surface area contributed by atoms with Crippen molar-refractivity contribution in [1.82, 2.24) is 30.4 Å². The SMILES string of the molecule is COC(=O)N[C@H](C(=O)N1CCC[C@H]1C(=O)Nc1cc(C2CCC(c3ccc4nc([C@@H]5CCCN5C(=O)[C@@H](NC(=O)OC)C(C)C)[nH]c4c3)N2c2ccc(C(C)(C)C)cc2)ccc1OC)C(C)C. The highest BCUT2D eigenvalue weighted by Gasteiger charge is 2.41. The van der Waals surface area contributed by atoms with Crippen molar-refractivity contribution in [2.24, 2.45) is 11.8 Å². The number of hydrogen-bond acceptors (Lipinski definition) is 10. The average Bonchev–Trinajstić information content (AvgIpc) is 4.15. The summed E-state index contributed by atoms with van der Waals surface area (Å²) < 4.78 is 15.4. The number of aromatic nitrogens is 2. The molecule has 360 valence electrons. The number of imidazole rings is 1. The van der Waals surface area contributed by atoms with Crippen LogP contribution in [0.3, 0.4) is 0 Å².